The first-order valence-corrected chi connectivity index (χ1v) is 4.62. The Hall–Kier alpha value is -0.130. The van der Waals surface area contributed by atoms with Gasteiger partial charge in [-0.3, -0.25) is 5.84 Å². The van der Waals surface area contributed by atoms with E-state index in [1.807, 2.05) is 0 Å². The van der Waals surface area contributed by atoms with Gasteiger partial charge in [0.05, 0.1) is 5.75 Å². The highest BCUT2D eigenvalue weighted by Gasteiger charge is 2.19. The Bertz CT molecular complexity index is 187. The van der Waals surface area contributed by atoms with Crippen molar-refractivity contribution < 1.29 is 8.42 Å². The molecular formula is C4H10N2O2S. The molecule has 5 heteroatoms. The molecule has 0 bridgehead atoms. The summed E-state index contributed by atoms with van der Waals surface area (Å²) < 4.78 is 21.5. The lowest BCUT2D eigenvalue weighted by Crippen LogP contribution is -2.42. The van der Waals surface area contributed by atoms with Crippen LogP contribution in [-0.2, 0) is 9.84 Å². The highest BCUT2D eigenvalue weighted by molar-refractivity contribution is 7.91. The molecule has 1 heterocycles. The lowest BCUT2D eigenvalue weighted by molar-refractivity contribution is 0.314. The lowest BCUT2D eigenvalue weighted by Gasteiger charge is -2.20. The molecule has 0 aromatic heterocycles. The van der Waals surface area contributed by atoms with Crippen molar-refractivity contribution in [3.05, 3.63) is 0 Å². The summed E-state index contributed by atoms with van der Waals surface area (Å²) in [6.07, 6.45) is 0.666. The summed E-state index contributed by atoms with van der Waals surface area (Å²) >= 11 is 0. The molecule has 1 aliphatic rings. The van der Waals surface area contributed by atoms with Gasteiger partial charge in [0.2, 0.25) is 0 Å². The van der Waals surface area contributed by atoms with Gasteiger partial charge in [0.15, 0.2) is 9.84 Å². The fourth-order valence-corrected chi connectivity index (χ4v) is 2.20. The van der Waals surface area contributed by atoms with E-state index in [1.54, 1.807) is 0 Å². The number of hydrazine groups is 1. The van der Waals surface area contributed by atoms with Crippen molar-refractivity contribution in [2.75, 3.05) is 18.2 Å². The second-order valence-corrected chi connectivity index (χ2v) is 4.40. The number of sulfone groups is 1. The van der Waals surface area contributed by atoms with Crippen molar-refractivity contribution in [2.24, 2.45) is 5.84 Å². The van der Waals surface area contributed by atoms with Gasteiger partial charge in [0.1, 0.15) is 5.88 Å². The predicted octanol–water partition coefficient (Wildman–Crippen LogP) is -1.06. The van der Waals surface area contributed by atoms with Crippen LogP contribution in [0.1, 0.15) is 6.42 Å². The highest BCUT2D eigenvalue weighted by atomic mass is 32.2. The summed E-state index contributed by atoms with van der Waals surface area (Å²) in [6, 6.07) is 0. The molecule has 0 aromatic rings. The molecular weight excluding hydrogens is 140 g/mol. The third-order valence-corrected chi connectivity index (χ3v) is 2.90. The van der Waals surface area contributed by atoms with Gasteiger partial charge in [-0.05, 0) is 6.42 Å². The molecule has 1 fully saturated rings. The van der Waals surface area contributed by atoms with Crippen LogP contribution in [0, 0.1) is 0 Å². The maximum absolute atomic E-state index is 10.7. The van der Waals surface area contributed by atoms with E-state index >= 15 is 0 Å². The van der Waals surface area contributed by atoms with Gasteiger partial charge in [0, 0.05) is 6.54 Å². The molecule has 9 heavy (non-hydrogen) atoms. The summed E-state index contributed by atoms with van der Waals surface area (Å²) in [5.74, 6) is 5.58. The summed E-state index contributed by atoms with van der Waals surface area (Å²) in [5.41, 5.74) is 0. The maximum atomic E-state index is 10.7. The molecule has 1 rings (SSSR count). The lowest BCUT2D eigenvalue weighted by atomic mass is 10.5. The van der Waals surface area contributed by atoms with Gasteiger partial charge in [0.25, 0.3) is 0 Å². The fourth-order valence-electron chi connectivity index (χ4n) is 0.869. The van der Waals surface area contributed by atoms with Crippen molar-refractivity contribution in [1.82, 2.24) is 5.01 Å². The standard InChI is InChI=1S/C4H10N2O2S/c5-6-2-1-3-9(7,8)4-6/h1-5H2. The monoisotopic (exact) mass is 150 g/mol. The quantitative estimate of drug-likeness (QED) is 0.447. The molecule has 0 atom stereocenters. The van der Waals surface area contributed by atoms with Crippen molar-refractivity contribution >= 4 is 9.84 Å². The van der Waals surface area contributed by atoms with Gasteiger partial charge in [-0.2, -0.15) is 0 Å². The van der Waals surface area contributed by atoms with Crippen LogP contribution in [0.5, 0.6) is 0 Å². The van der Waals surface area contributed by atoms with Gasteiger partial charge in [-0.15, -0.1) is 0 Å². The van der Waals surface area contributed by atoms with Crippen LogP contribution in [0.3, 0.4) is 0 Å². The minimum absolute atomic E-state index is 0.0208. The second kappa shape index (κ2) is 2.24. The summed E-state index contributed by atoms with van der Waals surface area (Å²) in [4.78, 5) is 0. The Balaban J connectivity index is 2.62. The normalized spacial score (nSPS) is 28.1. The van der Waals surface area contributed by atoms with Crippen LogP contribution in [-0.4, -0.2) is 31.6 Å². The van der Waals surface area contributed by atoms with Gasteiger partial charge in [-0.25, -0.2) is 13.4 Å². The second-order valence-electron chi connectivity index (χ2n) is 2.24. The maximum Gasteiger partial charge on any atom is 0.164 e. The number of rotatable bonds is 0. The number of hydrogen-bond donors (Lipinski definition) is 1. The van der Waals surface area contributed by atoms with E-state index in [-0.39, 0.29) is 5.88 Å². The average Bonchev–Trinajstić information content (AvgIpc) is 1.60. The van der Waals surface area contributed by atoms with Gasteiger partial charge in [-0.1, -0.05) is 0 Å². The minimum atomic E-state index is -2.83. The SMILES string of the molecule is NN1CCCS(=O)(=O)C1. The molecule has 54 valence electrons. The average molecular weight is 150 g/mol. The van der Waals surface area contributed by atoms with Crippen LogP contribution in [0.25, 0.3) is 0 Å². The number of hydrogen-bond acceptors (Lipinski definition) is 4. The molecule has 0 aromatic carbocycles. The van der Waals surface area contributed by atoms with Crippen molar-refractivity contribution in [1.29, 1.82) is 0 Å². The Labute approximate surface area is 54.5 Å². The van der Waals surface area contributed by atoms with E-state index in [4.69, 9.17) is 5.84 Å². The van der Waals surface area contributed by atoms with Crippen LogP contribution < -0.4 is 5.84 Å². The zero-order valence-corrected chi connectivity index (χ0v) is 5.89. The first-order valence-electron chi connectivity index (χ1n) is 2.80. The minimum Gasteiger partial charge on any atom is -0.268 e. The number of nitrogens with two attached hydrogens (primary N) is 1. The van der Waals surface area contributed by atoms with E-state index < -0.39 is 9.84 Å². The zero-order chi connectivity index (χ0) is 6.91. The Morgan fingerprint density at radius 3 is 2.44 bits per heavy atom. The summed E-state index contributed by atoms with van der Waals surface area (Å²) in [5, 5.41) is 1.33. The molecule has 0 unspecified atom stereocenters. The van der Waals surface area contributed by atoms with E-state index in [0.717, 1.165) is 0 Å². The predicted molar refractivity (Wildman–Crippen MR) is 34.2 cm³/mol. The van der Waals surface area contributed by atoms with E-state index in [9.17, 15) is 8.42 Å². The molecule has 0 saturated carbocycles. The van der Waals surface area contributed by atoms with Crippen molar-refractivity contribution in [2.45, 2.75) is 6.42 Å². The third kappa shape index (κ3) is 1.92. The Morgan fingerprint density at radius 2 is 2.11 bits per heavy atom. The van der Waals surface area contributed by atoms with Crippen LogP contribution in [0.2, 0.25) is 0 Å². The van der Waals surface area contributed by atoms with Crippen LogP contribution in [0.15, 0.2) is 0 Å². The molecule has 1 aliphatic heterocycles. The smallest absolute Gasteiger partial charge is 0.164 e. The van der Waals surface area contributed by atoms with E-state index in [1.165, 1.54) is 5.01 Å². The van der Waals surface area contributed by atoms with E-state index in [0.29, 0.717) is 18.7 Å². The molecule has 2 N–H and O–H groups in total. The molecule has 0 aliphatic carbocycles. The summed E-state index contributed by atoms with van der Waals surface area (Å²) in [6.45, 7) is 0.694. The van der Waals surface area contributed by atoms with Crippen molar-refractivity contribution in [3.8, 4) is 0 Å². The first-order chi connectivity index (χ1) is 4.10. The molecule has 0 radical (unpaired) electrons. The fraction of sp³-hybridized carbons (Fsp3) is 1.00. The summed E-state index contributed by atoms with van der Waals surface area (Å²) in [7, 11) is -2.83. The molecule has 0 spiro atoms. The van der Waals surface area contributed by atoms with Crippen LogP contribution >= 0.6 is 0 Å². The molecule has 0 amide bonds. The number of nitrogens with zero attached hydrogens (tertiary/aromatic N) is 1. The topological polar surface area (TPSA) is 63.4 Å². The van der Waals surface area contributed by atoms with Crippen molar-refractivity contribution in [3.63, 3.8) is 0 Å². The van der Waals surface area contributed by atoms with Crippen LogP contribution in [0.4, 0.5) is 0 Å². The molecule has 4 nitrogen and oxygen atoms in total. The largest absolute Gasteiger partial charge is 0.268 e. The Morgan fingerprint density at radius 1 is 1.44 bits per heavy atom. The third-order valence-electron chi connectivity index (χ3n) is 1.26. The van der Waals surface area contributed by atoms with E-state index in [2.05, 4.69) is 0 Å². The van der Waals surface area contributed by atoms with Gasteiger partial charge < -0.3 is 0 Å². The zero-order valence-electron chi connectivity index (χ0n) is 5.08. The first kappa shape index (κ1) is 6.98. The molecule has 1 saturated heterocycles. The highest BCUT2D eigenvalue weighted by Crippen LogP contribution is 2.02. The Kier molecular flexibility index (Phi) is 1.74. The van der Waals surface area contributed by atoms with Gasteiger partial charge >= 0.3 is 0 Å².